The lowest BCUT2D eigenvalue weighted by Crippen LogP contribution is -2.15. The summed E-state index contributed by atoms with van der Waals surface area (Å²) >= 11 is 1.36. The van der Waals surface area contributed by atoms with Crippen molar-refractivity contribution in [3.63, 3.8) is 0 Å². The molecule has 0 radical (unpaired) electrons. The SMILES string of the molecule is CCCc1nnc(NC(=O)c2cc3c(F)cccc3n2C)s1. The molecule has 0 spiro atoms. The monoisotopic (exact) mass is 318 g/mol. The molecular formula is C15H15FN4OS. The lowest BCUT2D eigenvalue weighted by molar-refractivity contribution is 0.101. The van der Waals surface area contributed by atoms with Gasteiger partial charge in [0.25, 0.3) is 5.91 Å². The molecule has 1 amide bonds. The van der Waals surface area contributed by atoms with Crippen molar-refractivity contribution in [1.29, 1.82) is 0 Å². The number of fused-ring (bicyclic) bond motifs is 1. The van der Waals surface area contributed by atoms with E-state index in [1.54, 1.807) is 29.8 Å². The quantitative estimate of drug-likeness (QED) is 0.802. The van der Waals surface area contributed by atoms with Gasteiger partial charge in [0.2, 0.25) is 5.13 Å². The van der Waals surface area contributed by atoms with E-state index >= 15 is 0 Å². The molecule has 114 valence electrons. The fourth-order valence-corrected chi connectivity index (χ4v) is 3.16. The number of aromatic nitrogens is 3. The minimum absolute atomic E-state index is 0.322. The maximum atomic E-state index is 13.8. The molecule has 2 heterocycles. The van der Waals surface area contributed by atoms with Crippen LogP contribution in [0.1, 0.15) is 28.8 Å². The topological polar surface area (TPSA) is 59.8 Å². The second-order valence-corrected chi connectivity index (χ2v) is 6.03. The van der Waals surface area contributed by atoms with Crippen molar-refractivity contribution < 1.29 is 9.18 Å². The molecule has 0 atom stereocenters. The van der Waals surface area contributed by atoms with E-state index in [0.29, 0.717) is 21.7 Å². The van der Waals surface area contributed by atoms with Crippen molar-refractivity contribution in [3.05, 3.63) is 40.8 Å². The van der Waals surface area contributed by atoms with Crippen LogP contribution in [0.25, 0.3) is 10.9 Å². The first kappa shape index (κ1) is 14.6. The van der Waals surface area contributed by atoms with Crippen LogP contribution in [0.3, 0.4) is 0 Å². The first-order chi connectivity index (χ1) is 10.6. The van der Waals surface area contributed by atoms with Crippen molar-refractivity contribution in [3.8, 4) is 0 Å². The third kappa shape index (κ3) is 2.59. The predicted molar refractivity (Wildman–Crippen MR) is 84.7 cm³/mol. The Morgan fingerprint density at radius 3 is 2.95 bits per heavy atom. The van der Waals surface area contributed by atoms with E-state index in [1.807, 2.05) is 0 Å². The second-order valence-electron chi connectivity index (χ2n) is 4.97. The number of carbonyl (C=O) groups excluding carboxylic acids is 1. The number of hydrogen-bond donors (Lipinski definition) is 1. The van der Waals surface area contributed by atoms with Crippen molar-refractivity contribution >= 4 is 33.3 Å². The third-order valence-electron chi connectivity index (χ3n) is 3.42. The summed E-state index contributed by atoms with van der Waals surface area (Å²) in [6, 6.07) is 6.33. The molecule has 3 rings (SSSR count). The molecule has 3 aromatic rings. The fraction of sp³-hybridized carbons (Fsp3) is 0.267. The van der Waals surface area contributed by atoms with Crippen LogP contribution in [0.2, 0.25) is 0 Å². The minimum Gasteiger partial charge on any atom is -0.340 e. The first-order valence-electron chi connectivity index (χ1n) is 6.98. The molecule has 0 bridgehead atoms. The number of benzene rings is 1. The van der Waals surface area contributed by atoms with Crippen LogP contribution in [0.15, 0.2) is 24.3 Å². The first-order valence-corrected chi connectivity index (χ1v) is 7.79. The van der Waals surface area contributed by atoms with Gasteiger partial charge in [-0.25, -0.2) is 4.39 Å². The summed E-state index contributed by atoms with van der Waals surface area (Å²) in [5.41, 5.74) is 1.06. The molecule has 1 aromatic carbocycles. The van der Waals surface area contributed by atoms with Gasteiger partial charge in [0.15, 0.2) is 0 Å². The summed E-state index contributed by atoms with van der Waals surface area (Å²) in [5.74, 6) is -0.661. The van der Waals surface area contributed by atoms with Gasteiger partial charge in [-0.05, 0) is 24.6 Å². The second kappa shape index (κ2) is 5.84. The molecule has 5 nitrogen and oxygen atoms in total. The molecule has 22 heavy (non-hydrogen) atoms. The predicted octanol–water partition coefficient (Wildman–Crippen LogP) is 3.37. The Hall–Kier alpha value is -2.28. The van der Waals surface area contributed by atoms with E-state index in [9.17, 15) is 9.18 Å². The van der Waals surface area contributed by atoms with Gasteiger partial charge in [-0.1, -0.05) is 24.3 Å². The fourth-order valence-electron chi connectivity index (χ4n) is 2.32. The van der Waals surface area contributed by atoms with E-state index in [1.165, 1.54) is 17.4 Å². The number of amides is 1. The number of nitrogens with zero attached hydrogens (tertiary/aromatic N) is 3. The van der Waals surface area contributed by atoms with Crippen molar-refractivity contribution in [2.45, 2.75) is 19.8 Å². The van der Waals surface area contributed by atoms with Gasteiger partial charge in [0.1, 0.15) is 16.5 Å². The van der Waals surface area contributed by atoms with E-state index in [4.69, 9.17) is 0 Å². The van der Waals surface area contributed by atoms with Crippen LogP contribution in [0, 0.1) is 5.82 Å². The zero-order valence-corrected chi connectivity index (χ0v) is 13.1. The van der Waals surface area contributed by atoms with Crippen LogP contribution >= 0.6 is 11.3 Å². The van der Waals surface area contributed by atoms with Gasteiger partial charge in [-0.2, -0.15) is 0 Å². The molecule has 7 heteroatoms. The van der Waals surface area contributed by atoms with Crippen LogP contribution in [-0.4, -0.2) is 20.7 Å². The molecular weight excluding hydrogens is 303 g/mol. The van der Waals surface area contributed by atoms with E-state index in [-0.39, 0.29) is 11.7 Å². The Labute approximate surface area is 130 Å². The van der Waals surface area contributed by atoms with Gasteiger partial charge in [-0.3, -0.25) is 10.1 Å². The highest BCUT2D eigenvalue weighted by Gasteiger charge is 2.17. The molecule has 1 N–H and O–H groups in total. The smallest absolute Gasteiger partial charge is 0.274 e. The average Bonchev–Trinajstić information content (AvgIpc) is 3.06. The summed E-state index contributed by atoms with van der Waals surface area (Å²) in [4.78, 5) is 12.4. The van der Waals surface area contributed by atoms with Gasteiger partial charge in [0.05, 0.1) is 5.52 Å². The molecule has 0 saturated heterocycles. The summed E-state index contributed by atoms with van der Waals surface area (Å²) < 4.78 is 15.5. The molecule has 0 fully saturated rings. The molecule has 0 aliphatic carbocycles. The summed E-state index contributed by atoms with van der Waals surface area (Å²) in [5, 5.41) is 12.5. The Kier molecular flexibility index (Phi) is 3.89. The number of nitrogens with one attached hydrogen (secondary N) is 1. The van der Waals surface area contributed by atoms with Gasteiger partial charge < -0.3 is 4.57 Å². The van der Waals surface area contributed by atoms with Gasteiger partial charge in [0, 0.05) is 18.9 Å². The zero-order chi connectivity index (χ0) is 15.7. The highest BCUT2D eigenvalue weighted by atomic mass is 32.1. The van der Waals surface area contributed by atoms with Crippen LogP contribution in [-0.2, 0) is 13.5 Å². The number of carbonyl (C=O) groups is 1. The summed E-state index contributed by atoms with van der Waals surface area (Å²) in [7, 11) is 1.74. The van der Waals surface area contributed by atoms with Gasteiger partial charge in [-0.15, -0.1) is 10.2 Å². The standard InChI is InChI=1S/C15H15FN4OS/c1-3-5-13-18-19-15(22-13)17-14(21)12-8-9-10(16)6-4-7-11(9)20(12)2/h4,6-8H,3,5H2,1-2H3,(H,17,19,21). The van der Waals surface area contributed by atoms with Crippen LogP contribution in [0.5, 0.6) is 0 Å². The van der Waals surface area contributed by atoms with Crippen LogP contribution in [0.4, 0.5) is 9.52 Å². The maximum Gasteiger partial charge on any atom is 0.274 e. The Bertz CT molecular complexity index is 839. The highest BCUT2D eigenvalue weighted by molar-refractivity contribution is 7.15. The average molecular weight is 318 g/mol. The van der Waals surface area contributed by atoms with Crippen molar-refractivity contribution in [2.75, 3.05) is 5.32 Å². The number of aryl methyl sites for hydroxylation is 2. The number of rotatable bonds is 4. The number of halogens is 1. The largest absolute Gasteiger partial charge is 0.340 e. The van der Waals surface area contributed by atoms with Crippen LogP contribution < -0.4 is 5.32 Å². The summed E-state index contributed by atoms with van der Waals surface area (Å²) in [6.45, 7) is 2.06. The van der Waals surface area contributed by atoms with E-state index in [0.717, 1.165) is 17.8 Å². The summed E-state index contributed by atoms with van der Waals surface area (Å²) in [6.07, 6.45) is 1.82. The maximum absolute atomic E-state index is 13.8. The number of hydrogen-bond acceptors (Lipinski definition) is 4. The molecule has 2 aromatic heterocycles. The number of anilines is 1. The van der Waals surface area contributed by atoms with Gasteiger partial charge >= 0.3 is 0 Å². The lowest BCUT2D eigenvalue weighted by atomic mass is 10.2. The van der Waals surface area contributed by atoms with Crippen molar-refractivity contribution in [2.24, 2.45) is 7.05 Å². The molecule has 0 unspecified atom stereocenters. The highest BCUT2D eigenvalue weighted by Crippen LogP contribution is 2.23. The normalized spacial score (nSPS) is 11.0. The lowest BCUT2D eigenvalue weighted by Gasteiger charge is -2.03. The Balaban J connectivity index is 1.88. The molecule has 0 aliphatic heterocycles. The van der Waals surface area contributed by atoms with E-state index in [2.05, 4.69) is 22.4 Å². The Morgan fingerprint density at radius 2 is 2.23 bits per heavy atom. The minimum atomic E-state index is -0.340. The molecule has 0 aliphatic rings. The van der Waals surface area contributed by atoms with E-state index < -0.39 is 0 Å². The van der Waals surface area contributed by atoms with Crippen molar-refractivity contribution in [1.82, 2.24) is 14.8 Å². The molecule has 0 saturated carbocycles. The zero-order valence-electron chi connectivity index (χ0n) is 12.3. The Morgan fingerprint density at radius 1 is 1.41 bits per heavy atom. The third-order valence-corrected chi connectivity index (χ3v) is 4.32.